The van der Waals surface area contributed by atoms with Gasteiger partial charge in [-0.1, -0.05) is 12.1 Å². The summed E-state index contributed by atoms with van der Waals surface area (Å²) in [7, 11) is 0. The fourth-order valence-corrected chi connectivity index (χ4v) is 2.85. The Bertz CT molecular complexity index is 783. The van der Waals surface area contributed by atoms with Gasteiger partial charge in [-0.2, -0.15) is 0 Å². The van der Waals surface area contributed by atoms with Crippen LogP contribution in [0.3, 0.4) is 0 Å². The summed E-state index contributed by atoms with van der Waals surface area (Å²) < 4.78 is 14.6. The minimum Gasteiger partial charge on any atom is -0.333 e. The van der Waals surface area contributed by atoms with Crippen molar-refractivity contribution in [3.63, 3.8) is 0 Å². The number of aromatic nitrogens is 2. The van der Waals surface area contributed by atoms with Gasteiger partial charge in [0.1, 0.15) is 5.82 Å². The maximum atomic E-state index is 14.6. The van der Waals surface area contributed by atoms with Gasteiger partial charge in [-0.05, 0) is 25.6 Å². The van der Waals surface area contributed by atoms with E-state index < -0.39 is 11.6 Å². The normalized spacial score (nSPS) is 20.8. The highest BCUT2D eigenvalue weighted by atomic mass is 19.1. The van der Waals surface area contributed by atoms with Gasteiger partial charge in [0.15, 0.2) is 0 Å². The molecule has 1 fully saturated rings. The number of carbonyl (C=O) groups excluding carboxylic acids is 1. The molecule has 1 aliphatic heterocycles. The van der Waals surface area contributed by atoms with Crippen LogP contribution in [-0.4, -0.2) is 46.1 Å². The molecule has 2 aromatic rings. The number of amides is 1. The third kappa shape index (κ3) is 2.96. The minimum absolute atomic E-state index is 0.0317. The van der Waals surface area contributed by atoms with Gasteiger partial charge in [-0.3, -0.25) is 9.59 Å². The summed E-state index contributed by atoms with van der Waals surface area (Å²) in [6, 6.07) is 6.99. The number of H-pyrrole nitrogens is 1. The van der Waals surface area contributed by atoms with Gasteiger partial charge in [0, 0.05) is 19.5 Å². The second-order valence-corrected chi connectivity index (χ2v) is 5.74. The van der Waals surface area contributed by atoms with E-state index in [2.05, 4.69) is 15.3 Å². The van der Waals surface area contributed by atoms with Crippen LogP contribution in [0, 0.1) is 0 Å². The number of nitrogens with one attached hydrogen (secondary N) is 2. The quantitative estimate of drug-likeness (QED) is 0.881. The summed E-state index contributed by atoms with van der Waals surface area (Å²) in [5, 5.41) is 3.37. The number of hydrogen-bond donors (Lipinski definition) is 2. The highest BCUT2D eigenvalue weighted by molar-refractivity contribution is 5.86. The van der Waals surface area contributed by atoms with E-state index in [1.165, 1.54) is 4.90 Å². The number of fused-ring (bicyclic) bond motifs is 1. The molecule has 6 nitrogen and oxygen atoms in total. The molecule has 0 radical (unpaired) electrons. The molecule has 23 heavy (non-hydrogen) atoms. The van der Waals surface area contributed by atoms with Crippen molar-refractivity contribution in [2.45, 2.75) is 25.6 Å². The number of rotatable bonds is 4. The summed E-state index contributed by atoms with van der Waals surface area (Å²) in [5.41, 5.74) is -1.56. The number of carbonyl (C=O) groups is 1. The van der Waals surface area contributed by atoms with Crippen molar-refractivity contribution >= 4 is 16.8 Å². The van der Waals surface area contributed by atoms with Gasteiger partial charge >= 0.3 is 0 Å². The molecule has 122 valence electrons. The maximum Gasteiger partial charge on any atom is 0.262 e. The smallest absolute Gasteiger partial charge is 0.262 e. The van der Waals surface area contributed by atoms with Crippen molar-refractivity contribution < 1.29 is 9.18 Å². The van der Waals surface area contributed by atoms with E-state index >= 15 is 0 Å². The Morgan fingerprint density at radius 1 is 1.43 bits per heavy atom. The van der Waals surface area contributed by atoms with Crippen LogP contribution in [0.4, 0.5) is 4.39 Å². The number of para-hydroxylation sites is 1. The number of nitrogens with zero attached hydrogens (tertiary/aromatic N) is 2. The Labute approximate surface area is 132 Å². The number of alkyl halides is 1. The lowest BCUT2D eigenvalue weighted by Crippen LogP contribution is -2.47. The number of aromatic amines is 1. The van der Waals surface area contributed by atoms with Crippen molar-refractivity contribution in [2.24, 2.45) is 0 Å². The summed E-state index contributed by atoms with van der Waals surface area (Å²) in [5.74, 6) is -0.195. The third-order valence-corrected chi connectivity index (χ3v) is 4.16. The molecule has 1 amide bonds. The summed E-state index contributed by atoms with van der Waals surface area (Å²) >= 11 is 0. The zero-order chi connectivity index (χ0) is 16.4. The molecular formula is C16H19FN4O2. The molecule has 1 aliphatic rings. The lowest BCUT2D eigenvalue weighted by molar-refractivity contribution is -0.143. The van der Waals surface area contributed by atoms with Crippen molar-refractivity contribution in [3.8, 4) is 0 Å². The SMILES string of the molecule is CCN(Cc1nc2ccccc2c(=O)[nH]1)C(=O)C1(F)CCNC1. The minimum atomic E-state index is -1.87. The van der Waals surface area contributed by atoms with Crippen LogP contribution in [-0.2, 0) is 11.3 Å². The van der Waals surface area contributed by atoms with Crippen LogP contribution in [0.1, 0.15) is 19.2 Å². The Kier molecular flexibility index (Phi) is 4.12. The molecule has 0 spiro atoms. The number of halogens is 1. The average Bonchev–Trinajstić information content (AvgIpc) is 3.00. The average molecular weight is 318 g/mol. The second-order valence-electron chi connectivity index (χ2n) is 5.74. The van der Waals surface area contributed by atoms with Crippen LogP contribution < -0.4 is 10.9 Å². The van der Waals surface area contributed by atoms with Crippen molar-refractivity contribution in [1.82, 2.24) is 20.2 Å². The van der Waals surface area contributed by atoms with Crippen LogP contribution in [0.5, 0.6) is 0 Å². The first kappa shape index (κ1) is 15.6. The fourth-order valence-electron chi connectivity index (χ4n) is 2.85. The summed E-state index contributed by atoms with van der Waals surface area (Å²) in [6.07, 6.45) is 0.171. The first-order valence-electron chi connectivity index (χ1n) is 7.70. The molecule has 2 heterocycles. The summed E-state index contributed by atoms with van der Waals surface area (Å²) in [6.45, 7) is 2.74. The van der Waals surface area contributed by atoms with Crippen LogP contribution in [0.25, 0.3) is 10.9 Å². The topological polar surface area (TPSA) is 78.1 Å². The Morgan fingerprint density at radius 3 is 2.91 bits per heavy atom. The Hall–Kier alpha value is -2.28. The van der Waals surface area contributed by atoms with E-state index in [-0.39, 0.29) is 25.1 Å². The molecule has 1 unspecified atom stereocenters. The van der Waals surface area contributed by atoms with Crippen molar-refractivity contribution in [3.05, 3.63) is 40.4 Å². The van der Waals surface area contributed by atoms with Gasteiger partial charge in [0.2, 0.25) is 5.67 Å². The number of benzene rings is 1. The zero-order valence-electron chi connectivity index (χ0n) is 12.9. The van der Waals surface area contributed by atoms with E-state index in [0.29, 0.717) is 29.8 Å². The molecule has 7 heteroatoms. The molecule has 3 rings (SSSR count). The highest BCUT2D eigenvalue weighted by Gasteiger charge is 2.43. The molecule has 1 aromatic carbocycles. The van der Waals surface area contributed by atoms with E-state index in [4.69, 9.17) is 0 Å². The molecule has 0 aliphatic carbocycles. The predicted molar refractivity (Wildman–Crippen MR) is 84.8 cm³/mol. The third-order valence-electron chi connectivity index (χ3n) is 4.16. The summed E-state index contributed by atoms with van der Waals surface area (Å²) in [4.78, 5) is 32.9. The zero-order valence-corrected chi connectivity index (χ0v) is 12.9. The van der Waals surface area contributed by atoms with Gasteiger partial charge in [-0.25, -0.2) is 9.37 Å². The van der Waals surface area contributed by atoms with Crippen molar-refractivity contribution in [1.29, 1.82) is 0 Å². The Balaban J connectivity index is 1.87. The van der Waals surface area contributed by atoms with Crippen LogP contribution in [0.15, 0.2) is 29.1 Å². The lowest BCUT2D eigenvalue weighted by Gasteiger charge is -2.27. The first-order chi connectivity index (χ1) is 11.0. The van der Waals surface area contributed by atoms with E-state index in [0.717, 1.165) is 0 Å². The molecule has 1 saturated heterocycles. The standard InChI is InChI=1S/C16H19FN4O2/c1-2-21(15(23)16(17)7-8-18-10-16)9-13-19-12-6-4-3-5-11(12)14(22)20-13/h3-6,18H,2,7-10H2,1H3,(H,19,20,22). The lowest BCUT2D eigenvalue weighted by atomic mass is 10.0. The van der Waals surface area contributed by atoms with Crippen LogP contribution in [0.2, 0.25) is 0 Å². The predicted octanol–water partition coefficient (Wildman–Crippen LogP) is 0.973. The molecule has 0 saturated carbocycles. The largest absolute Gasteiger partial charge is 0.333 e. The maximum absolute atomic E-state index is 14.6. The van der Waals surface area contributed by atoms with Gasteiger partial charge in [0.25, 0.3) is 11.5 Å². The molecule has 2 N–H and O–H groups in total. The second kappa shape index (κ2) is 6.08. The van der Waals surface area contributed by atoms with Gasteiger partial charge < -0.3 is 15.2 Å². The number of hydrogen-bond acceptors (Lipinski definition) is 4. The molecular weight excluding hydrogens is 299 g/mol. The monoisotopic (exact) mass is 318 g/mol. The van der Waals surface area contributed by atoms with Gasteiger partial charge in [0.05, 0.1) is 17.4 Å². The van der Waals surface area contributed by atoms with Crippen LogP contribution >= 0.6 is 0 Å². The molecule has 1 atom stereocenters. The molecule has 1 aromatic heterocycles. The molecule has 0 bridgehead atoms. The van der Waals surface area contributed by atoms with E-state index in [9.17, 15) is 14.0 Å². The Morgan fingerprint density at radius 2 is 2.22 bits per heavy atom. The highest BCUT2D eigenvalue weighted by Crippen LogP contribution is 2.23. The fraction of sp³-hybridized carbons (Fsp3) is 0.438. The van der Waals surface area contributed by atoms with Crippen molar-refractivity contribution in [2.75, 3.05) is 19.6 Å². The first-order valence-corrected chi connectivity index (χ1v) is 7.70. The van der Waals surface area contributed by atoms with Gasteiger partial charge in [-0.15, -0.1) is 0 Å². The van der Waals surface area contributed by atoms with E-state index in [1.54, 1.807) is 31.2 Å². The van der Waals surface area contributed by atoms with E-state index in [1.807, 2.05) is 0 Å².